The van der Waals surface area contributed by atoms with Gasteiger partial charge in [0.15, 0.2) is 0 Å². The Balaban J connectivity index is 1.79. The van der Waals surface area contributed by atoms with E-state index in [-0.39, 0.29) is 18.0 Å². The molecule has 0 radical (unpaired) electrons. The van der Waals surface area contributed by atoms with Crippen molar-refractivity contribution in [2.75, 3.05) is 12.0 Å². The summed E-state index contributed by atoms with van der Waals surface area (Å²) in [7, 11) is 1.59. The van der Waals surface area contributed by atoms with Gasteiger partial charge in [0.1, 0.15) is 5.75 Å². The van der Waals surface area contributed by atoms with E-state index in [0.29, 0.717) is 16.9 Å². The van der Waals surface area contributed by atoms with E-state index in [1.807, 2.05) is 62.4 Å². The van der Waals surface area contributed by atoms with Crippen LogP contribution >= 0.6 is 0 Å². The lowest BCUT2D eigenvalue weighted by atomic mass is 10.1. The number of para-hydroxylation sites is 2. The number of pyridine rings is 1. The van der Waals surface area contributed by atoms with Crippen LogP contribution < -0.4 is 15.2 Å². The van der Waals surface area contributed by atoms with E-state index < -0.39 is 0 Å². The maximum atomic E-state index is 13.5. The zero-order valence-electron chi connectivity index (χ0n) is 17.8. The van der Waals surface area contributed by atoms with Gasteiger partial charge < -0.3 is 14.6 Å². The number of ether oxygens (including phenoxy) is 1. The van der Waals surface area contributed by atoms with Crippen LogP contribution in [0.2, 0.25) is 0 Å². The number of carbonyl (C=O) groups is 1. The fourth-order valence-electron chi connectivity index (χ4n) is 3.74. The number of aryl methyl sites for hydroxylation is 2. The number of fused-ring (bicyclic) bond motifs is 1. The van der Waals surface area contributed by atoms with Gasteiger partial charge in [0.25, 0.3) is 11.5 Å². The molecule has 0 fully saturated rings. The molecule has 0 aliphatic carbocycles. The first-order chi connectivity index (χ1) is 15.0. The molecule has 4 rings (SSSR count). The Morgan fingerprint density at radius 1 is 0.935 bits per heavy atom. The lowest BCUT2D eigenvalue weighted by Gasteiger charge is -2.25. The monoisotopic (exact) mass is 412 g/mol. The molecule has 156 valence electrons. The Bertz CT molecular complexity index is 1310. The van der Waals surface area contributed by atoms with E-state index >= 15 is 0 Å². The van der Waals surface area contributed by atoms with Crippen molar-refractivity contribution in [3.05, 3.63) is 105 Å². The van der Waals surface area contributed by atoms with Crippen molar-refractivity contribution >= 4 is 22.5 Å². The lowest BCUT2D eigenvalue weighted by molar-refractivity contribution is 0.0985. The summed E-state index contributed by atoms with van der Waals surface area (Å²) in [4.78, 5) is 31.0. The van der Waals surface area contributed by atoms with Gasteiger partial charge in [0.05, 0.1) is 19.2 Å². The SMILES string of the molecule is COc1ccc(C(=O)N(Cc2cc3cccc(C)c3[nH]c2=O)c2ccccc2C)cc1. The predicted molar refractivity (Wildman–Crippen MR) is 124 cm³/mol. The molecule has 0 aliphatic rings. The highest BCUT2D eigenvalue weighted by Crippen LogP contribution is 2.25. The second-order valence-electron chi connectivity index (χ2n) is 7.57. The molecule has 0 saturated heterocycles. The largest absolute Gasteiger partial charge is 0.497 e. The molecule has 5 heteroatoms. The molecule has 0 atom stereocenters. The second-order valence-corrected chi connectivity index (χ2v) is 7.57. The van der Waals surface area contributed by atoms with Crippen LogP contribution in [-0.2, 0) is 6.54 Å². The molecular weight excluding hydrogens is 388 g/mol. The number of hydrogen-bond donors (Lipinski definition) is 1. The molecule has 1 heterocycles. The van der Waals surface area contributed by atoms with Gasteiger partial charge in [-0.1, -0.05) is 36.4 Å². The molecule has 0 spiro atoms. The van der Waals surface area contributed by atoms with Crippen LogP contribution in [-0.4, -0.2) is 18.0 Å². The van der Waals surface area contributed by atoms with E-state index in [1.54, 1.807) is 36.3 Å². The Labute approximate surface area is 180 Å². The van der Waals surface area contributed by atoms with Crippen molar-refractivity contribution in [1.82, 2.24) is 4.98 Å². The van der Waals surface area contributed by atoms with E-state index in [4.69, 9.17) is 4.74 Å². The standard InChI is InChI=1S/C26H24N2O3/c1-17-7-4-5-10-23(17)28(26(30)19-11-13-22(31-3)14-12-19)16-21-15-20-9-6-8-18(2)24(20)27-25(21)29/h4-15H,16H2,1-3H3,(H,27,29). The Hall–Kier alpha value is -3.86. The zero-order chi connectivity index (χ0) is 22.0. The summed E-state index contributed by atoms with van der Waals surface area (Å²) in [6.45, 7) is 4.08. The number of benzene rings is 3. The highest BCUT2D eigenvalue weighted by molar-refractivity contribution is 6.06. The summed E-state index contributed by atoms with van der Waals surface area (Å²) >= 11 is 0. The van der Waals surface area contributed by atoms with Crippen LogP contribution in [0.5, 0.6) is 5.75 Å². The van der Waals surface area contributed by atoms with Crippen LogP contribution in [0.25, 0.3) is 10.9 Å². The van der Waals surface area contributed by atoms with E-state index in [2.05, 4.69) is 4.98 Å². The third-order valence-electron chi connectivity index (χ3n) is 5.48. The summed E-state index contributed by atoms with van der Waals surface area (Å²) in [5.74, 6) is 0.501. The molecule has 5 nitrogen and oxygen atoms in total. The third kappa shape index (κ3) is 4.08. The minimum absolute atomic E-state index is 0.162. The summed E-state index contributed by atoms with van der Waals surface area (Å²) in [6.07, 6.45) is 0. The van der Waals surface area contributed by atoms with E-state index in [9.17, 15) is 9.59 Å². The molecule has 1 amide bonds. The van der Waals surface area contributed by atoms with Gasteiger partial charge in [-0.3, -0.25) is 9.59 Å². The maximum absolute atomic E-state index is 13.5. The number of aromatic nitrogens is 1. The topological polar surface area (TPSA) is 62.4 Å². The molecule has 3 aromatic carbocycles. The average molecular weight is 412 g/mol. The van der Waals surface area contributed by atoms with Gasteiger partial charge in [-0.2, -0.15) is 0 Å². The van der Waals surface area contributed by atoms with Gasteiger partial charge in [-0.15, -0.1) is 0 Å². The molecule has 0 unspecified atom stereocenters. The van der Waals surface area contributed by atoms with Crippen molar-refractivity contribution in [3.8, 4) is 5.75 Å². The molecule has 0 saturated carbocycles. The van der Waals surface area contributed by atoms with Gasteiger partial charge >= 0.3 is 0 Å². The average Bonchev–Trinajstić information content (AvgIpc) is 2.78. The highest BCUT2D eigenvalue weighted by Gasteiger charge is 2.21. The summed E-state index contributed by atoms with van der Waals surface area (Å²) in [5.41, 5.74) is 4.42. The Morgan fingerprint density at radius 3 is 2.35 bits per heavy atom. The van der Waals surface area contributed by atoms with Crippen molar-refractivity contribution in [1.29, 1.82) is 0 Å². The first-order valence-electron chi connectivity index (χ1n) is 10.1. The number of nitrogens with zero attached hydrogens (tertiary/aromatic N) is 1. The fraction of sp³-hybridized carbons (Fsp3) is 0.154. The van der Waals surface area contributed by atoms with Crippen LogP contribution in [0.4, 0.5) is 5.69 Å². The minimum atomic E-state index is -0.192. The zero-order valence-corrected chi connectivity index (χ0v) is 17.8. The molecule has 31 heavy (non-hydrogen) atoms. The number of anilines is 1. The van der Waals surface area contributed by atoms with Gasteiger partial charge in [0.2, 0.25) is 0 Å². The second kappa shape index (κ2) is 8.48. The molecular formula is C26H24N2O3. The smallest absolute Gasteiger partial charge is 0.258 e. The van der Waals surface area contributed by atoms with Crippen molar-refractivity contribution < 1.29 is 9.53 Å². The minimum Gasteiger partial charge on any atom is -0.497 e. The Morgan fingerprint density at radius 2 is 1.65 bits per heavy atom. The van der Waals surface area contributed by atoms with Crippen molar-refractivity contribution in [2.45, 2.75) is 20.4 Å². The number of methoxy groups -OCH3 is 1. The molecule has 4 aromatic rings. The first kappa shape index (κ1) is 20.4. The Kier molecular flexibility index (Phi) is 5.58. The summed E-state index contributed by atoms with van der Waals surface area (Å²) < 4.78 is 5.20. The van der Waals surface area contributed by atoms with Crippen LogP contribution in [0.3, 0.4) is 0 Å². The third-order valence-corrected chi connectivity index (χ3v) is 5.48. The normalized spacial score (nSPS) is 10.8. The number of amides is 1. The van der Waals surface area contributed by atoms with Crippen molar-refractivity contribution in [2.24, 2.45) is 0 Å². The van der Waals surface area contributed by atoms with Crippen LogP contribution in [0, 0.1) is 13.8 Å². The maximum Gasteiger partial charge on any atom is 0.258 e. The van der Waals surface area contributed by atoms with Crippen molar-refractivity contribution in [3.63, 3.8) is 0 Å². The number of nitrogens with one attached hydrogen (secondary N) is 1. The van der Waals surface area contributed by atoms with Gasteiger partial charge in [0, 0.05) is 16.8 Å². The molecule has 1 N–H and O–H groups in total. The van der Waals surface area contributed by atoms with Gasteiger partial charge in [-0.05, 0) is 66.8 Å². The van der Waals surface area contributed by atoms with Crippen LogP contribution in [0.15, 0.2) is 77.6 Å². The lowest BCUT2D eigenvalue weighted by Crippen LogP contribution is -2.33. The predicted octanol–water partition coefficient (Wildman–Crippen LogP) is 5.00. The molecule has 1 aromatic heterocycles. The summed E-state index contributed by atoms with van der Waals surface area (Å²) in [6, 6.07) is 22.4. The fourth-order valence-corrected chi connectivity index (χ4v) is 3.74. The van der Waals surface area contributed by atoms with Crippen LogP contribution in [0.1, 0.15) is 27.0 Å². The quantitative estimate of drug-likeness (QED) is 0.502. The molecule has 0 aliphatic heterocycles. The number of H-pyrrole nitrogens is 1. The van der Waals surface area contributed by atoms with E-state index in [1.165, 1.54) is 0 Å². The van der Waals surface area contributed by atoms with E-state index in [0.717, 1.165) is 27.7 Å². The highest BCUT2D eigenvalue weighted by atomic mass is 16.5. The van der Waals surface area contributed by atoms with Gasteiger partial charge in [-0.25, -0.2) is 0 Å². The molecule has 0 bridgehead atoms. The number of hydrogen-bond acceptors (Lipinski definition) is 3. The first-order valence-corrected chi connectivity index (χ1v) is 10.1. The number of rotatable bonds is 5. The summed E-state index contributed by atoms with van der Waals surface area (Å²) in [5, 5.41) is 0.941. The number of aromatic amines is 1. The number of carbonyl (C=O) groups excluding carboxylic acids is 1.